The molecule has 92 valence electrons. The molecule has 0 radical (unpaired) electrons. The zero-order valence-corrected chi connectivity index (χ0v) is 10.1. The van der Waals surface area contributed by atoms with E-state index >= 15 is 0 Å². The summed E-state index contributed by atoms with van der Waals surface area (Å²) in [4.78, 5) is 17.8. The number of carbonyl (C=O) groups excluding carboxylic acids is 1. The second-order valence-electron chi connectivity index (χ2n) is 4.40. The Morgan fingerprint density at radius 3 is 2.76 bits per heavy atom. The third-order valence-electron chi connectivity index (χ3n) is 3.03. The van der Waals surface area contributed by atoms with Crippen LogP contribution in [-0.2, 0) is 0 Å². The second-order valence-corrected chi connectivity index (χ2v) is 4.40. The Labute approximate surface area is 101 Å². The fourth-order valence-corrected chi connectivity index (χ4v) is 1.92. The van der Waals surface area contributed by atoms with Gasteiger partial charge in [0.2, 0.25) is 0 Å². The first-order valence-corrected chi connectivity index (χ1v) is 5.95. The van der Waals surface area contributed by atoms with Crippen molar-refractivity contribution in [2.45, 2.75) is 26.2 Å². The molecule has 0 saturated carbocycles. The maximum Gasteiger partial charge on any atom is 0.323 e. The van der Waals surface area contributed by atoms with Crippen LogP contribution in [0.15, 0.2) is 12.3 Å². The lowest BCUT2D eigenvalue weighted by atomic mass is 10.1. The molecule has 2 heterocycles. The zero-order valence-electron chi connectivity index (χ0n) is 10.1. The van der Waals surface area contributed by atoms with Crippen molar-refractivity contribution in [1.82, 2.24) is 9.88 Å². The molecule has 2 amide bonds. The average Bonchev–Trinajstić information content (AvgIpc) is 2.35. The summed E-state index contributed by atoms with van der Waals surface area (Å²) in [6.07, 6.45) is 4.95. The SMILES string of the molecule is Cc1cc(NC(=O)N2CCCCC2)ncc1N. The van der Waals surface area contributed by atoms with Crippen molar-refractivity contribution < 1.29 is 4.79 Å². The Morgan fingerprint density at radius 2 is 2.12 bits per heavy atom. The van der Waals surface area contributed by atoms with E-state index in [1.54, 1.807) is 12.3 Å². The molecular weight excluding hydrogens is 216 g/mol. The van der Waals surface area contributed by atoms with E-state index in [9.17, 15) is 4.79 Å². The van der Waals surface area contributed by atoms with E-state index in [0.29, 0.717) is 11.5 Å². The summed E-state index contributed by atoms with van der Waals surface area (Å²) in [5.74, 6) is 0.562. The normalized spacial score (nSPS) is 15.7. The van der Waals surface area contributed by atoms with E-state index in [1.165, 1.54) is 6.42 Å². The zero-order chi connectivity index (χ0) is 12.3. The Morgan fingerprint density at radius 1 is 1.41 bits per heavy atom. The number of piperidine rings is 1. The third kappa shape index (κ3) is 2.87. The summed E-state index contributed by atoms with van der Waals surface area (Å²) < 4.78 is 0. The summed E-state index contributed by atoms with van der Waals surface area (Å²) in [6.45, 7) is 3.56. The predicted molar refractivity (Wildman–Crippen MR) is 67.8 cm³/mol. The van der Waals surface area contributed by atoms with E-state index in [0.717, 1.165) is 31.5 Å². The van der Waals surface area contributed by atoms with Crippen LogP contribution in [0.3, 0.4) is 0 Å². The number of nitrogens with one attached hydrogen (secondary N) is 1. The number of anilines is 2. The molecule has 0 aliphatic carbocycles. The number of carbonyl (C=O) groups is 1. The summed E-state index contributed by atoms with van der Waals surface area (Å²) in [5, 5.41) is 2.80. The smallest absolute Gasteiger partial charge is 0.323 e. The van der Waals surface area contributed by atoms with Crippen LogP contribution in [0, 0.1) is 6.92 Å². The van der Waals surface area contributed by atoms with E-state index in [1.807, 2.05) is 11.8 Å². The van der Waals surface area contributed by atoms with Gasteiger partial charge < -0.3 is 10.6 Å². The van der Waals surface area contributed by atoms with Gasteiger partial charge in [0.25, 0.3) is 0 Å². The minimum Gasteiger partial charge on any atom is -0.397 e. The Hall–Kier alpha value is -1.78. The summed E-state index contributed by atoms with van der Waals surface area (Å²) in [7, 11) is 0. The molecule has 1 fully saturated rings. The molecule has 1 aliphatic rings. The molecule has 1 aromatic heterocycles. The van der Waals surface area contributed by atoms with Crippen LogP contribution in [0.1, 0.15) is 24.8 Å². The molecule has 0 bridgehead atoms. The van der Waals surface area contributed by atoms with Gasteiger partial charge >= 0.3 is 6.03 Å². The Bertz CT molecular complexity index is 413. The number of aryl methyl sites for hydroxylation is 1. The molecule has 5 nitrogen and oxygen atoms in total. The van der Waals surface area contributed by atoms with Crippen LogP contribution in [0.2, 0.25) is 0 Å². The standard InChI is InChI=1S/C12H18N4O/c1-9-7-11(14-8-10(9)13)15-12(17)16-5-3-2-4-6-16/h7-8H,2-6,13H2,1H3,(H,14,15,17). The van der Waals surface area contributed by atoms with E-state index < -0.39 is 0 Å². The van der Waals surface area contributed by atoms with Crippen molar-refractivity contribution in [3.8, 4) is 0 Å². The average molecular weight is 234 g/mol. The summed E-state index contributed by atoms with van der Waals surface area (Å²) in [5.41, 5.74) is 7.24. The first kappa shape index (κ1) is 11.7. The van der Waals surface area contributed by atoms with Gasteiger partial charge in [-0.1, -0.05) is 0 Å². The molecule has 0 spiro atoms. The fourth-order valence-electron chi connectivity index (χ4n) is 1.92. The maximum absolute atomic E-state index is 11.9. The van der Waals surface area contributed by atoms with Crippen LogP contribution in [0.5, 0.6) is 0 Å². The van der Waals surface area contributed by atoms with Crippen molar-refractivity contribution in [1.29, 1.82) is 0 Å². The highest BCUT2D eigenvalue weighted by Crippen LogP contribution is 2.15. The number of urea groups is 1. The molecule has 2 rings (SSSR count). The third-order valence-corrected chi connectivity index (χ3v) is 3.03. The first-order valence-electron chi connectivity index (χ1n) is 5.95. The van der Waals surface area contributed by atoms with Gasteiger partial charge in [-0.25, -0.2) is 9.78 Å². The van der Waals surface area contributed by atoms with E-state index in [2.05, 4.69) is 10.3 Å². The Kier molecular flexibility index (Phi) is 3.46. The largest absolute Gasteiger partial charge is 0.397 e. The van der Waals surface area contributed by atoms with Gasteiger partial charge in [-0.2, -0.15) is 0 Å². The van der Waals surface area contributed by atoms with E-state index in [-0.39, 0.29) is 6.03 Å². The monoisotopic (exact) mass is 234 g/mol. The lowest BCUT2D eigenvalue weighted by Crippen LogP contribution is -2.38. The van der Waals surface area contributed by atoms with Gasteiger partial charge in [-0.05, 0) is 37.8 Å². The van der Waals surface area contributed by atoms with Gasteiger partial charge in [-0.3, -0.25) is 5.32 Å². The minimum absolute atomic E-state index is 0.0682. The van der Waals surface area contributed by atoms with Crippen LogP contribution in [-0.4, -0.2) is 29.0 Å². The van der Waals surface area contributed by atoms with E-state index in [4.69, 9.17) is 5.73 Å². The van der Waals surface area contributed by atoms with Gasteiger partial charge in [-0.15, -0.1) is 0 Å². The van der Waals surface area contributed by atoms with Gasteiger partial charge in [0, 0.05) is 13.1 Å². The number of nitrogens with zero attached hydrogens (tertiary/aromatic N) is 2. The fraction of sp³-hybridized carbons (Fsp3) is 0.500. The molecule has 17 heavy (non-hydrogen) atoms. The topological polar surface area (TPSA) is 71.2 Å². The van der Waals surface area contributed by atoms with Crippen LogP contribution in [0.4, 0.5) is 16.3 Å². The van der Waals surface area contributed by atoms with Crippen LogP contribution < -0.4 is 11.1 Å². The molecule has 0 atom stereocenters. The highest BCUT2D eigenvalue weighted by Gasteiger charge is 2.16. The minimum atomic E-state index is -0.0682. The number of pyridine rings is 1. The molecule has 1 saturated heterocycles. The molecule has 1 aromatic rings. The van der Waals surface area contributed by atoms with Gasteiger partial charge in [0.15, 0.2) is 0 Å². The molecule has 3 N–H and O–H groups in total. The highest BCUT2D eigenvalue weighted by atomic mass is 16.2. The number of nitrogens with two attached hydrogens (primary N) is 1. The lowest BCUT2D eigenvalue weighted by Gasteiger charge is -2.26. The van der Waals surface area contributed by atoms with Crippen molar-refractivity contribution >= 4 is 17.5 Å². The van der Waals surface area contributed by atoms with Crippen LogP contribution in [0.25, 0.3) is 0 Å². The molecular formula is C12H18N4O. The number of amides is 2. The van der Waals surface area contributed by atoms with Crippen molar-refractivity contribution in [2.24, 2.45) is 0 Å². The quantitative estimate of drug-likeness (QED) is 0.780. The predicted octanol–water partition coefficient (Wildman–Crippen LogP) is 1.99. The van der Waals surface area contributed by atoms with Crippen molar-refractivity contribution in [3.63, 3.8) is 0 Å². The Balaban J connectivity index is 1.99. The lowest BCUT2D eigenvalue weighted by molar-refractivity contribution is 0.200. The molecule has 1 aliphatic heterocycles. The first-order chi connectivity index (χ1) is 8.16. The summed E-state index contributed by atoms with van der Waals surface area (Å²) >= 11 is 0. The maximum atomic E-state index is 11.9. The van der Waals surface area contributed by atoms with Crippen molar-refractivity contribution in [3.05, 3.63) is 17.8 Å². The number of aromatic nitrogens is 1. The van der Waals surface area contributed by atoms with Crippen molar-refractivity contribution in [2.75, 3.05) is 24.1 Å². The number of nitrogen functional groups attached to an aromatic ring is 1. The summed E-state index contributed by atoms with van der Waals surface area (Å²) in [6, 6.07) is 1.72. The van der Waals surface area contributed by atoms with Gasteiger partial charge in [0.1, 0.15) is 5.82 Å². The van der Waals surface area contributed by atoms with Gasteiger partial charge in [0.05, 0.1) is 11.9 Å². The number of hydrogen-bond donors (Lipinski definition) is 2. The second kappa shape index (κ2) is 5.03. The number of hydrogen-bond acceptors (Lipinski definition) is 3. The van der Waals surface area contributed by atoms with Crippen LogP contribution >= 0.6 is 0 Å². The molecule has 5 heteroatoms. The highest BCUT2D eigenvalue weighted by molar-refractivity contribution is 5.88. The molecule has 0 unspecified atom stereocenters. The number of likely N-dealkylation sites (tertiary alicyclic amines) is 1. The number of rotatable bonds is 1. The molecule has 0 aromatic carbocycles.